The highest BCUT2D eigenvalue weighted by Gasteiger charge is 2.13. The van der Waals surface area contributed by atoms with Gasteiger partial charge in [0.05, 0.1) is 12.2 Å². The van der Waals surface area contributed by atoms with Crippen molar-refractivity contribution >= 4 is 11.6 Å². The SMILES string of the molecule is Cc1ccc(NC(=O)c2ccccc2OCCC(C)C)c(C)c1. The number of benzene rings is 2. The fourth-order valence-electron chi connectivity index (χ4n) is 2.33. The topological polar surface area (TPSA) is 38.3 Å². The molecule has 0 saturated heterocycles. The molecule has 2 aromatic carbocycles. The molecule has 0 aliphatic rings. The van der Waals surface area contributed by atoms with Crippen molar-refractivity contribution in [2.45, 2.75) is 34.1 Å². The molecule has 3 heteroatoms. The second kappa shape index (κ2) is 7.82. The second-order valence-corrected chi connectivity index (χ2v) is 6.30. The summed E-state index contributed by atoms with van der Waals surface area (Å²) < 4.78 is 5.80. The number of ether oxygens (including phenoxy) is 1. The standard InChI is InChI=1S/C20H25NO2/c1-14(2)11-12-23-19-8-6-5-7-17(19)20(22)21-18-10-9-15(3)13-16(18)4/h5-10,13-14H,11-12H2,1-4H3,(H,21,22). The van der Waals surface area contributed by atoms with Crippen molar-refractivity contribution in [2.75, 3.05) is 11.9 Å². The average Bonchev–Trinajstić information content (AvgIpc) is 2.50. The van der Waals surface area contributed by atoms with Crippen molar-refractivity contribution in [3.8, 4) is 5.75 Å². The second-order valence-electron chi connectivity index (χ2n) is 6.30. The molecule has 23 heavy (non-hydrogen) atoms. The van der Waals surface area contributed by atoms with Gasteiger partial charge in [0.25, 0.3) is 5.91 Å². The normalized spacial score (nSPS) is 10.7. The molecule has 0 saturated carbocycles. The highest BCUT2D eigenvalue weighted by atomic mass is 16.5. The molecule has 0 radical (unpaired) electrons. The van der Waals surface area contributed by atoms with Gasteiger partial charge in [0.15, 0.2) is 0 Å². The van der Waals surface area contributed by atoms with Gasteiger partial charge in [-0.2, -0.15) is 0 Å². The van der Waals surface area contributed by atoms with Gasteiger partial charge in [0.1, 0.15) is 5.75 Å². The van der Waals surface area contributed by atoms with Gasteiger partial charge in [-0.1, -0.05) is 43.7 Å². The molecule has 0 fully saturated rings. The molecule has 0 unspecified atom stereocenters. The van der Waals surface area contributed by atoms with Gasteiger partial charge in [0.2, 0.25) is 0 Å². The molecule has 0 bridgehead atoms. The fourth-order valence-corrected chi connectivity index (χ4v) is 2.33. The first-order valence-corrected chi connectivity index (χ1v) is 8.08. The minimum Gasteiger partial charge on any atom is -0.493 e. The van der Waals surface area contributed by atoms with Gasteiger partial charge >= 0.3 is 0 Å². The molecular weight excluding hydrogens is 286 g/mol. The molecule has 122 valence electrons. The third-order valence-corrected chi connectivity index (χ3v) is 3.71. The molecule has 2 aromatic rings. The Bertz CT molecular complexity index is 677. The van der Waals surface area contributed by atoms with Crippen molar-refractivity contribution in [1.82, 2.24) is 0 Å². The number of aryl methyl sites for hydroxylation is 2. The van der Waals surface area contributed by atoms with Crippen LogP contribution in [0.2, 0.25) is 0 Å². The van der Waals surface area contributed by atoms with Crippen LogP contribution >= 0.6 is 0 Å². The lowest BCUT2D eigenvalue weighted by Gasteiger charge is -2.13. The summed E-state index contributed by atoms with van der Waals surface area (Å²) in [4.78, 5) is 12.6. The van der Waals surface area contributed by atoms with Crippen molar-refractivity contribution in [1.29, 1.82) is 0 Å². The van der Waals surface area contributed by atoms with E-state index >= 15 is 0 Å². The van der Waals surface area contributed by atoms with Gasteiger partial charge in [-0.3, -0.25) is 4.79 Å². The van der Waals surface area contributed by atoms with E-state index in [2.05, 4.69) is 25.2 Å². The molecule has 1 amide bonds. The van der Waals surface area contributed by atoms with Gasteiger partial charge < -0.3 is 10.1 Å². The summed E-state index contributed by atoms with van der Waals surface area (Å²) in [5.41, 5.74) is 3.63. The van der Waals surface area contributed by atoms with Gasteiger partial charge in [-0.15, -0.1) is 0 Å². The van der Waals surface area contributed by atoms with Crippen LogP contribution in [0.4, 0.5) is 5.69 Å². The molecule has 0 atom stereocenters. The maximum absolute atomic E-state index is 12.6. The zero-order valence-electron chi connectivity index (χ0n) is 14.3. The summed E-state index contributed by atoms with van der Waals surface area (Å²) in [6.07, 6.45) is 0.965. The number of carbonyl (C=O) groups excluding carboxylic acids is 1. The summed E-state index contributed by atoms with van der Waals surface area (Å²) in [5, 5.41) is 2.97. The Hall–Kier alpha value is -2.29. The highest BCUT2D eigenvalue weighted by Crippen LogP contribution is 2.22. The van der Waals surface area contributed by atoms with Crippen molar-refractivity contribution in [2.24, 2.45) is 5.92 Å². The number of para-hydroxylation sites is 1. The zero-order valence-corrected chi connectivity index (χ0v) is 14.3. The largest absolute Gasteiger partial charge is 0.493 e. The van der Waals surface area contributed by atoms with Crippen LogP contribution in [0.1, 0.15) is 41.8 Å². The van der Waals surface area contributed by atoms with Crippen LogP contribution in [-0.2, 0) is 0 Å². The number of hydrogen-bond donors (Lipinski definition) is 1. The van der Waals surface area contributed by atoms with Crippen LogP contribution < -0.4 is 10.1 Å². The van der Waals surface area contributed by atoms with E-state index in [0.29, 0.717) is 23.8 Å². The number of hydrogen-bond acceptors (Lipinski definition) is 2. The summed E-state index contributed by atoms with van der Waals surface area (Å²) >= 11 is 0. The predicted octanol–water partition coefficient (Wildman–Crippen LogP) is 4.98. The number of rotatable bonds is 6. The number of nitrogens with one attached hydrogen (secondary N) is 1. The molecule has 0 heterocycles. The Morgan fingerprint density at radius 2 is 1.87 bits per heavy atom. The molecule has 0 aromatic heterocycles. The zero-order chi connectivity index (χ0) is 16.8. The maximum Gasteiger partial charge on any atom is 0.259 e. The quantitative estimate of drug-likeness (QED) is 0.817. The molecule has 0 aliphatic heterocycles. The summed E-state index contributed by atoms with van der Waals surface area (Å²) in [7, 11) is 0. The van der Waals surface area contributed by atoms with Crippen molar-refractivity contribution in [3.63, 3.8) is 0 Å². The third-order valence-electron chi connectivity index (χ3n) is 3.71. The van der Waals surface area contributed by atoms with Crippen LogP contribution in [0.15, 0.2) is 42.5 Å². The van der Waals surface area contributed by atoms with E-state index in [4.69, 9.17) is 4.74 Å². The third kappa shape index (κ3) is 4.85. The van der Waals surface area contributed by atoms with Crippen LogP contribution in [0.3, 0.4) is 0 Å². The Balaban J connectivity index is 2.12. The van der Waals surface area contributed by atoms with Gasteiger partial charge in [0, 0.05) is 5.69 Å². The van der Waals surface area contributed by atoms with E-state index in [0.717, 1.165) is 17.7 Å². The fraction of sp³-hybridized carbons (Fsp3) is 0.350. The van der Waals surface area contributed by atoms with E-state index in [1.165, 1.54) is 5.56 Å². The maximum atomic E-state index is 12.6. The summed E-state index contributed by atoms with van der Waals surface area (Å²) in [6.45, 7) is 8.96. The Kier molecular flexibility index (Phi) is 5.80. The van der Waals surface area contributed by atoms with E-state index in [1.54, 1.807) is 6.07 Å². The lowest BCUT2D eigenvalue weighted by Crippen LogP contribution is -2.15. The monoisotopic (exact) mass is 311 g/mol. The van der Waals surface area contributed by atoms with E-state index in [1.807, 2.05) is 44.2 Å². The molecule has 2 rings (SSSR count). The average molecular weight is 311 g/mol. The minimum atomic E-state index is -0.142. The van der Waals surface area contributed by atoms with Gasteiger partial charge in [-0.25, -0.2) is 0 Å². The molecule has 0 aliphatic carbocycles. The molecule has 3 nitrogen and oxygen atoms in total. The van der Waals surface area contributed by atoms with Crippen molar-refractivity contribution < 1.29 is 9.53 Å². The van der Waals surface area contributed by atoms with Crippen LogP contribution in [-0.4, -0.2) is 12.5 Å². The Morgan fingerprint density at radius 1 is 1.13 bits per heavy atom. The predicted molar refractivity (Wildman–Crippen MR) is 95.3 cm³/mol. The molecule has 1 N–H and O–H groups in total. The van der Waals surface area contributed by atoms with Gasteiger partial charge in [-0.05, 0) is 49.9 Å². The Labute approximate surface area is 138 Å². The Morgan fingerprint density at radius 3 is 2.57 bits per heavy atom. The lowest BCUT2D eigenvalue weighted by molar-refractivity contribution is 0.102. The first kappa shape index (κ1) is 17.1. The van der Waals surface area contributed by atoms with Crippen LogP contribution in [0, 0.1) is 19.8 Å². The van der Waals surface area contributed by atoms with Crippen molar-refractivity contribution in [3.05, 3.63) is 59.2 Å². The van der Waals surface area contributed by atoms with Crippen LogP contribution in [0.5, 0.6) is 5.75 Å². The number of anilines is 1. The lowest BCUT2D eigenvalue weighted by atomic mass is 10.1. The highest BCUT2D eigenvalue weighted by molar-refractivity contribution is 6.06. The molecular formula is C20H25NO2. The summed E-state index contributed by atoms with van der Waals surface area (Å²) in [6, 6.07) is 13.4. The van der Waals surface area contributed by atoms with E-state index in [9.17, 15) is 4.79 Å². The van der Waals surface area contributed by atoms with E-state index < -0.39 is 0 Å². The number of carbonyl (C=O) groups is 1. The first-order valence-electron chi connectivity index (χ1n) is 8.08. The minimum absolute atomic E-state index is 0.142. The smallest absolute Gasteiger partial charge is 0.259 e. The number of amides is 1. The van der Waals surface area contributed by atoms with E-state index in [-0.39, 0.29) is 5.91 Å². The molecule has 0 spiro atoms. The van der Waals surface area contributed by atoms with Crippen LogP contribution in [0.25, 0.3) is 0 Å². The summed E-state index contributed by atoms with van der Waals surface area (Å²) in [5.74, 6) is 1.07. The first-order chi connectivity index (χ1) is 11.0.